The van der Waals surface area contributed by atoms with Crippen molar-refractivity contribution in [3.63, 3.8) is 0 Å². The van der Waals surface area contributed by atoms with Gasteiger partial charge in [-0.15, -0.1) is 0 Å². The van der Waals surface area contributed by atoms with Gasteiger partial charge >= 0.3 is 0 Å². The van der Waals surface area contributed by atoms with E-state index < -0.39 is 0 Å². The number of halogens is 1. The van der Waals surface area contributed by atoms with Crippen molar-refractivity contribution in [2.24, 2.45) is 0 Å². The molecule has 0 aliphatic rings. The van der Waals surface area contributed by atoms with Crippen LogP contribution in [0.5, 0.6) is 11.5 Å². The van der Waals surface area contributed by atoms with Crippen molar-refractivity contribution in [2.75, 3.05) is 20.8 Å². The van der Waals surface area contributed by atoms with Gasteiger partial charge in [0.05, 0.1) is 14.2 Å². The number of nitrogens with one attached hydrogen (secondary N) is 1. The molecule has 24 heavy (non-hydrogen) atoms. The van der Waals surface area contributed by atoms with Gasteiger partial charge in [-0.25, -0.2) is 0 Å². The van der Waals surface area contributed by atoms with Crippen LogP contribution in [-0.4, -0.2) is 26.7 Å². The second-order valence-electron chi connectivity index (χ2n) is 5.62. The summed E-state index contributed by atoms with van der Waals surface area (Å²) in [5.74, 6) is 1.30. The molecular weight excluding hydrogens is 370 g/mol. The van der Waals surface area contributed by atoms with E-state index in [1.54, 1.807) is 14.2 Å². The number of aryl methyl sites for hydroxylation is 2. The Morgan fingerprint density at radius 3 is 2.42 bits per heavy atom. The normalized spacial score (nSPS) is 10.4. The molecule has 2 rings (SSSR count). The van der Waals surface area contributed by atoms with Gasteiger partial charge in [0, 0.05) is 16.6 Å². The highest BCUT2D eigenvalue weighted by atomic mass is 79.9. The second-order valence-corrected chi connectivity index (χ2v) is 6.48. The minimum Gasteiger partial charge on any atom is -0.493 e. The first kappa shape index (κ1) is 18.3. The van der Waals surface area contributed by atoms with Crippen molar-refractivity contribution in [3.05, 3.63) is 57.1 Å². The summed E-state index contributed by atoms with van der Waals surface area (Å²) in [5, 5.41) is 2.98. The first-order valence-corrected chi connectivity index (χ1v) is 8.51. The van der Waals surface area contributed by atoms with Gasteiger partial charge in [-0.2, -0.15) is 0 Å². The lowest BCUT2D eigenvalue weighted by atomic mass is 10.0. The summed E-state index contributed by atoms with van der Waals surface area (Å²) < 4.78 is 11.5. The van der Waals surface area contributed by atoms with Crippen LogP contribution in [0, 0.1) is 13.8 Å². The maximum atomic E-state index is 12.3. The van der Waals surface area contributed by atoms with Crippen LogP contribution in [0.3, 0.4) is 0 Å². The molecule has 0 unspecified atom stereocenters. The number of carbonyl (C=O) groups is 1. The van der Waals surface area contributed by atoms with E-state index in [0.717, 1.165) is 26.7 Å². The molecule has 0 aliphatic heterocycles. The standard InChI is InChI=1S/C19H22BrNO3/c1-12-5-6-13(2)15(9-12)19(22)21-8-7-14-10-17(23-3)18(24-4)11-16(14)20/h5-6,9-11H,7-8H2,1-4H3,(H,21,22). The van der Waals surface area contributed by atoms with E-state index in [9.17, 15) is 4.79 Å². The van der Waals surface area contributed by atoms with Crippen molar-refractivity contribution >= 4 is 21.8 Å². The number of hydrogen-bond acceptors (Lipinski definition) is 3. The highest BCUT2D eigenvalue weighted by Crippen LogP contribution is 2.33. The zero-order valence-electron chi connectivity index (χ0n) is 14.4. The van der Waals surface area contributed by atoms with Crippen molar-refractivity contribution in [2.45, 2.75) is 20.3 Å². The summed E-state index contributed by atoms with van der Waals surface area (Å²) in [6.45, 7) is 4.47. The highest BCUT2D eigenvalue weighted by molar-refractivity contribution is 9.10. The molecule has 0 fully saturated rings. The third-order valence-electron chi connectivity index (χ3n) is 3.87. The van der Waals surface area contributed by atoms with Crippen LogP contribution in [0.1, 0.15) is 27.0 Å². The lowest BCUT2D eigenvalue weighted by Gasteiger charge is -2.13. The number of methoxy groups -OCH3 is 2. The number of carbonyl (C=O) groups excluding carboxylic acids is 1. The van der Waals surface area contributed by atoms with E-state index in [4.69, 9.17) is 9.47 Å². The fraction of sp³-hybridized carbons (Fsp3) is 0.316. The van der Waals surface area contributed by atoms with Crippen LogP contribution in [-0.2, 0) is 6.42 Å². The van der Waals surface area contributed by atoms with Crippen molar-refractivity contribution < 1.29 is 14.3 Å². The van der Waals surface area contributed by atoms with Gasteiger partial charge in [0.1, 0.15) is 0 Å². The van der Waals surface area contributed by atoms with E-state index in [1.807, 2.05) is 44.2 Å². The highest BCUT2D eigenvalue weighted by Gasteiger charge is 2.11. The fourth-order valence-corrected chi connectivity index (χ4v) is 2.99. The topological polar surface area (TPSA) is 47.6 Å². The molecule has 2 aromatic rings. The molecule has 4 nitrogen and oxygen atoms in total. The summed E-state index contributed by atoms with van der Waals surface area (Å²) in [4.78, 5) is 12.3. The van der Waals surface area contributed by atoms with Gasteiger partial charge in [0.25, 0.3) is 5.91 Å². The van der Waals surface area contributed by atoms with E-state index in [2.05, 4.69) is 21.2 Å². The van der Waals surface area contributed by atoms with Crippen molar-refractivity contribution in [3.8, 4) is 11.5 Å². The van der Waals surface area contributed by atoms with E-state index in [-0.39, 0.29) is 5.91 Å². The molecule has 0 bridgehead atoms. The molecule has 5 heteroatoms. The first-order valence-electron chi connectivity index (χ1n) is 7.72. The maximum absolute atomic E-state index is 12.3. The number of benzene rings is 2. The van der Waals surface area contributed by atoms with Crippen molar-refractivity contribution in [1.82, 2.24) is 5.32 Å². The first-order chi connectivity index (χ1) is 11.5. The molecule has 0 heterocycles. The molecule has 128 valence electrons. The SMILES string of the molecule is COc1cc(Br)c(CCNC(=O)c2cc(C)ccc2C)cc1OC. The summed E-state index contributed by atoms with van der Waals surface area (Å²) in [6, 6.07) is 9.69. The Hall–Kier alpha value is -2.01. The summed E-state index contributed by atoms with van der Waals surface area (Å²) in [5.41, 5.74) is 3.83. The molecule has 0 aromatic heterocycles. The molecule has 0 radical (unpaired) electrons. The number of ether oxygens (including phenoxy) is 2. The fourth-order valence-electron chi connectivity index (χ4n) is 2.47. The zero-order chi connectivity index (χ0) is 17.7. The minimum absolute atomic E-state index is 0.0483. The average molecular weight is 392 g/mol. The van der Waals surface area contributed by atoms with Crippen LogP contribution in [0.15, 0.2) is 34.8 Å². The maximum Gasteiger partial charge on any atom is 0.251 e. The summed E-state index contributed by atoms with van der Waals surface area (Å²) in [6.07, 6.45) is 0.692. The second kappa shape index (κ2) is 8.20. The molecule has 0 saturated carbocycles. The molecule has 0 aliphatic carbocycles. The van der Waals surface area contributed by atoms with Crippen LogP contribution < -0.4 is 14.8 Å². The van der Waals surface area contributed by atoms with Crippen molar-refractivity contribution in [1.29, 1.82) is 0 Å². The van der Waals surface area contributed by atoms with Crippen LogP contribution in [0.2, 0.25) is 0 Å². The largest absolute Gasteiger partial charge is 0.493 e. The lowest BCUT2D eigenvalue weighted by Crippen LogP contribution is -2.26. The zero-order valence-corrected chi connectivity index (χ0v) is 16.0. The Morgan fingerprint density at radius 1 is 1.08 bits per heavy atom. The van der Waals surface area contributed by atoms with E-state index >= 15 is 0 Å². The van der Waals surface area contributed by atoms with Crippen LogP contribution in [0.25, 0.3) is 0 Å². The number of amides is 1. The molecule has 2 aromatic carbocycles. The van der Waals surface area contributed by atoms with Gasteiger partial charge in [0.2, 0.25) is 0 Å². The lowest BCUT2D eigenvalue weighted by molar-refractivity contribution is 0.0953. The molecule has 1 amide bonds. The Bertz CT molecular complexity index is 744. The van der Waals surface area contributed by atoms with Gasteiger partial charge in [-0.05, 0) is 49.6 Å². The van der Waals surface area contributed by atoms with Crippen LogP contribution >= 0.6 is 15.9 Å². The molecule has 1 N–H and O–H groups in total. The number of hydrogen-bond donors (Lipinski definition) is 1. The minimum atomic E-state index is -0.0483. The molecule has 0 atom stereocenters. The quantitative estimate of drug-likeness (QED) is 0.807. The predicted octanol–water partition coefficient (Wildman–Crippen LogP) is 4.06. The Kier molecular flexibility index (Phi) is 6.26. The van der Waals surface area contributed by atoms with E-state index in [1.165, 1.54) is 0 Å². The van der Waals surface area contributed by atoms with Gasteiger partial charge in [0.15, 0.2) is 11.5 Å². The van der Waals surface area contributed by atoms with Gasteiger partial charge < -0.3 is 14.8 Å². The summed E-state index contributed by atoms with van der Waals surface area (Å²) >= 11 is 3.54. The molecule has 0 spiro atoms. The average Bonchev–Trinajstić information content (AvgIpc) is 2.57. The Labute approximate surface area is 151 Å². The Morgan fingerprint density at radius 2 is 1.75 bits per heavy atom. The van der Waals surface area contributed by atoms with Gasteiger partial charge in [-0.3, -0.25) is 4.79 Å². The third kappa shape index (κ3) is 4.29. The van der Waals surface area contributed by atoms with E-state index in [0.29, 0.717) is 24.5 Å². The summed E-state index contributed by atoms with van der Waals surface area (Å²) in [7, 11) is 3.21. The van der Waals surface area contributed by atoms with Gasteiger partial charge in [-0.1, -0.05) is 33.6 Å². The third-order valence-corrected chi connectivity index (χ3v) is 4.61. The predicted molar refractivity (Wildman–Crippen MR) is 99.2 cm³/mol. The molecular formula is C19H22BrNO3. The monoisotopic (exact) mass is 391 g/mol. The Balaban J connectivity index is 2.04. The molecule has 0 saturated heterocycles. The smallest absolute Gasteiger partial charge is 0.251 e. The van der Waals surface area contributed by atoms with Crippen LogP contribution in [0.4, 0.5) is 0 Å². The number of rotatable bonds is 6.